The number of rotatable bonds is 2. The van der Waals surface area contributed by atoms with Crippen molar-refractivity contribution in [3.05, 3.63) is 23.8 Å². The van der Waals surface area contributed by atoms with E-state index in [1.54, 1.807) is 7.05 Å². The molecule has 0 aromatic heterocycles. The number of carboxylic acid groups (broad SMARTS) is 1. The maximum absolute atomic E-state index is 11.4. The van der Waals surface area contributed by atoms with Crippen LogP contribution < -0.4 is 20.3 Å². The maximum Gasteiger partial charge on any atom is 0.412 e. The molecule has 1 aromatic carbocycles. The molecule has 2 amide bonds. The summed E-state index contributed by atoms with van der Waals surface area (Å²) in [4.78, 5) is 40.0. The normalized spacial score (nSPS) is 27.3. The van der Waals surface area contributed by atoms with E-state index in [0.717, 1.165) is 18.7 Å². The van der Waals surface area contributed by atoms with Crippen LogP contribution in [0.1, 0.15) is 31.7 Å². The number of ether oxygens (including phenoxy) is 1. The molecule has 0 unspecified atom stereocenters. The third-order valence-corrected chi connectivity index (χ3v) is 5.79. The van der Waals surface area contributed by atoms with Crippen molar-refractivity contribution in [1.82, 2.24) is 15.7 Å². The van der Waals surface area contributed by atoms with Gasteiger partial charge in [0, 0.05) is 45.2 Å². The van der Waals surface area contributed by atoms with Crippen LogP contribution in [-0.2, 0) is 19.8 Å². The first-order valence-electron chi connectivity index (χ1n) is 9.82. The molecule has 3 heterocycles. The highest BCUT2D eigenvalue weighted by molar-refractivity contribution is 5.87. The Morgan fingerprint density at radius 2 is 2.10 bits per heavy atom. The number of benzene rings is 1. The van der Waals surface area contributed by atoms with E-state index in [1.165, 1.54) is 5.56 Å². The second-order valence-electron chi connectivity index (χ2n) is 7.90. The van der Waals surface area contributed by atoms with Gasteiger partial charge in [-0.15, -0.1) is 0 Å². The number of nitrogens with zero attached hydrogens (tertiary/aromatic N) is 2. The first-order chi connectivity index (χ1) is 14.2. The smallest absolute Gasteiger partial charge is 0.412 e. The Balaban J connectivity index is 0.000000239. The molecule has 10 heteroatoms. The highest BCUT2D eigenvalue weighted by Crippen LogP contribution is 2.50. The summed E-state index contributed by atoms with van der Waals surface area (Å²) in [5.41, 5.74) is 2.20. The van der Waals surface area contributed by atoms with E-state index in [0.29, 0.717) is 18.6 Å². The molecule has 164 valence electrons. The van der Waals surface area contributed by atoms with Gasteiger partial charge in [-0.05, 0) is 36.6 Å². The molecule has 0 aliphatic carbocycles. The van der Waals surface area contributed by atoms with Crippen molar-refractivity contribution in [2.24, 2.45) is 0 Å². The summed E-state index contributed by atoms with van der Waals surface area (Å²) in [5, 5.41) is 15.0. The van der Waals surface area contributed by atoms with Crippen LogP contribution in [0, 0.1) is 0 Å². The number of carbonyl (C=O) groups is 3. The third kappa shape index (κ3) is 4.19. The molecule has 30 heavy (non-hydrogen) atoms. The van der Waals surface area contributed by atoms with Crippen molar-refractivity contribution in [2.45, 2.75) is 43.9 Å². The van der Waals surface area contributed by atoms with Gasteiger partial charge in [0.1, 0.15) is 11.8 Å². The molecule has 3 aliphatic heterocycles. The topological polar surface area (TPSA) is 120 Å². The van der Waals surface area contributed by atoms with Crippen molar-refractivity contribution in [1.29, 1.82) is 0 Å². The first-order valence-corrected chi connectivity index (χ1v) is 9.82. The summed E-state index contributed by atoms with van der Waals surface area (Å²) in [6, 6.07) is 5.11. The van der Waals surface area contributed by atoms with E-state index in [-0.39, 0.29) is 17.6 Å². The number of hydrogen-bond donors (Lipinski definition) is 3. The molecule has 4 rings (SSSR count). The van der Waals surface area contributed by atoms with Crippen molar-refractivity contribution in [3.8, 4) is 5.75 Å². The fourth-order valence-corrected chi connectivity index (χ4v) is 4.05. The predicted molar refractivity (Wildman–Crippen MR) is 108 cm³/mol. The molecular formula is C20H28N4O6. The molecule has 1 aromatic rings. The first kappa shape index (κ1) is 21.8. The number of carbonyl (C=O) groups excluding carboxylic acids is 2. The van der Waals surface area contributed by atoms with Gasteiger partial charge in [0.2, 0.25) is 5.91 Å². The van der Waals surface area contributed by atoms with E-state index in [9.17, 15) is 14.4 Å². The minimum Gasteiger partial charge on any atom is -0.480 e. The average Bonchev–Trinajstić information content (AvgIpc) is 3.24. The molecule has 0 saturated carbocycles. The summed E-state index contributed by atoms with van der Waals surface area (Å²) in [5.74, 6) is -0.550. The minimum absolute atomic E-state index is 0.0264. The third-order valence-electron chi connectivity index (χ3n) is 5.79. The molecule has 10 nitrogen and oxygen atoms in total. The van der Waals surface area contributed by atoms with Gasteiger partial charge in [0.05, 0.1) is 0 Å². The summed E-state index contributed by atoms with van der Waals surface area (Å²) in [6.45, 7) is 3.08. The van der Waals surface area contributed by atoms with Crippen molar-refractivity contribution in [2.75, 3.05) is 32.6 Å². The number of nitrogens with one attached hydrogen (secondary N) is 2. The largest absolute Gasteiger partial charge is 0.480 e. The van der Waals surface area contributed by atoms with Crippen molar-refractivity contribution >= 4 is 23.7 Å². The van der Waals surface area contributed by atoms with Crippen LogP contribution in [0.5, 0.6) is 5.75 Å². The van der Waals surface area contributed by atoms with E-state index in [4.69, 9.17) is 14.7 Å². The zero-order valence-electron chi connectivity index (χ0n) is 17.6. The zero-order valence-corrected chi connectivity index (χ0v) is 17.6. The Bertz CT molecular complexity index is 847. The van der Waals surface area contributed by atoms with E-state index >= 15 is 0 Å². The summed E-state index contributed by atoms with van der Waals surface area (Å²) in [7, 11) is 5.54. The number of carboxylic acids is 1. The Morgan fingerprint density at radius 1 is 1.37 bits per heavy atom. The van der Waals surface area contributed by atoms with Gasteiger partial charge in [-0.3, -0.25) is 9.63 Å². The highest BCUT2D eigenvalue weighted by Gasteiger charge is 2.50. The second-order valence-corrected chi connectivity index (χ2v) is 7.90. The summed E-state index contributed by atoms with van der Waals surface area (Å²) >= 11 is 0. The lowest BCUT2D eigenvalue weighted by atomic mass is 9.79. The lowest BCUT2D eigenvalue weighted by Crippen LogP contribution is -2.52. The van der Waals surface area contributed by atoms with Crippen LogP contribution in [0.4, 0.5) is 10.5 Å². The number of hydroxylamine groups is 2. The number of amides is 2. The van der Waals surface area contributed by atoms with Gasteiger partial charge in [0.25, 0.3) is 0 Å². The van der Waals surface area contributed by atoms with Crippen LogP contribution in [0.3, 0.4) is 0 Å². The molecule has 0 bridgehead atoms. The fraction of sp³-hybridized carbons (Fsp3) is 0.550. The molecule has 3 atom stereocenters. The SMILES string of the molecule is CNC(=O)Oc1ccc2c(c1)[C@]1(C)CCN(C)O[C@@H]1N2C.O=C1CC[C@@H](C(=O)O)N1. The number of likely N-dealkylation sites (N-methyl/N-ethyl adjacent to an activating group) is 1. The number of hydrogen-bond acceptors (Lipinski definition) is 7. The lowest BCUT2D eigenvalue weighted by molar-refractivity contribution is -0.226. The fourth-order valence-electron chi connectivity index (χ4n) is 4.05. The quantitative estimate of drug-likeness (QED) is 0.650. The molecule has 3 N–H and O–H groups in total. The maximum atomic E-state index is 11.4. The Kier molecular flexibility index (Phi) is 6.18. The van der Waals surface area contributed by atoms with Gasteiger partial charge < -0.3 is 25.4 Å². The van der Waals surface area contributed by atoms with Gasteiger partial charge in [-0.1, -0.05) is 6.92 Å². The molecule has 0 radical (unpaired) electrons. The number of fused-ring (bicyclic) bond motifs is 3. The summed E-state index contributed by atoms with van der Waals surface area (Å²) < 4.78 is 5.25. The van der Waals surface area contributed by atoms with Crippen LogP contribution in [0.15, 0.2) is 18.2 Å². The molecule has 2 saturated heterocycles. The molecular weight excluding hydrogens is 392 g/mol. The van der Waals surface area contributed by atoms with Crippen LogP contribution >= 0.6 is 0 Å². The Hall–Kier alpha value is -2.85. The molecule has 2 fully saturated rings. The van der Waals surface area contributed by atoms with Crippen LogP contribution in [-0.4, -0.2) is 68.1 Å². The molecule has 0 spiro atoms. The van der Waals surface area contributed by atoms with Gasteiger partial charge in [-0.2, -0.15) is 5.06 Å². The number of anilines is 1. The standard InChI is InChI=1S/C15H21N3O3.C5H7NO3/c1-15-7-8-17(3)21-13(15)18(4)12-6-5-10(9-11(12)15)20-14(19)16-2;7-4-2-1-3(6-4)5(8)9/h5-6,9,13H,7-8H2,1-4H3,(H,16,19);3H,1-2H2,(H,6,7)(H,8,9)/t13-,15-;3-/m00/s1. The van der Waals surface area contributed by atoms with E-state index in [1.807, 2.05) is 37.4 Å². The second kappa shape index (κ2) is 8.49. The van der Waals surface area contributed by atoms with Crippen molar-refractivity contribution in [3.63, 3.8) is 0 Å². The predicted octanol–water partition coefficient (Wildman–Crippen LogP) is 1.06. The number of aliphatic carboxylic acids is 1. The minimum atomic E-state index is -0.944. The Morgan fingerprint density at radius 3 is 2.67 bits per heavy atom. The van der Waals surface area contributed by atoms with Gasteiger partial charge >= 0.3 is 12.1 Å². The molecule has 3 aliphatic rings. The van der Waals surface area contributed by atoms with E-state index in [2.05, 4.69) is 22.5 Å². The highest BCUT2D eigenvalue weighted by atomic mass is 16.7. The summed E-state index contributed by atoms with van der Waals surface area (Å²) in [6.07, 6.45) is 1.28. The van der Waals surface area contributed by atoms with Gasteiger partial charge in [0.15, 0.2) is 6.23 Å². The lowest BCUT2D eigenvalue weighted by Gasteiger charge is -2.42. The zero-order chi connectivity index (χ0) is 22.1. The van der Waals surface area contributed by atoms with Crippen molar-refractivity contribution < 1.29 is 29.1 Å². The van der Waals surface area contributed by atoms with Crippen LogP contribution in [0.25, 0.3) is 0 Å². The monoisotopic (exact) mass is 420 g/mol. The average molecular weight is 420 g/mol. The van der Waals surface area contributed by atoms with E-state index < -0.39 is 18.1 Å². The Labute approximate surface area is 175 Å². The van der Waals surface area contributed by atoms with Gasteiger partial charge in [-0.25, -0.2) is 9.59 Å². The van der Waals surface area contributed by atoms with Crippen LogP contribution in [0.2, 0.25) is 0 Å².